The maximum absolute atomic E-state index is 11.5. The van der Waals surface area contributed by atoms with Gasteiger partial charge in [0.05, 0.1) is 6.04 Å². The van der Waals surface area contributed by atoms with Crippen molar-refractivity contribution < 1.29 is 9.53 Å². The van der Waals surface area contributed by atoms with Crippen molar-refractivity contribution in [1.82, 2.24) is 4.90 Å². The third-order valence-corrected chi connectivity index (χ3v) is 3.03. The summed E-state index contributed by atoms with van der Waals surface area (Å²) in [5.41, 5.74) is 0. The molecule has 3 nitrogen and oxygen atoms in total. The molecule has 1 fully saturated rings. The molecule has 0 radical (unpaired) electrons. The highest BCUT2D eigenvalue weighted by Gasteiger charge is 2.33. The van der Waals surface area contributed by atoms with Gasteiger partial charge in [-0.05, 0) is 12.3 Å². The van der Waals surface area contributed by atoms with Gasteiger partial charge < -0.3 is 4.74 Å². The Hall–Kier alpha value is -1.17. The van der Waals surface area contributed by atoms with Crippen LogP contribution in [0.3, 0.4) is 0 Å². The smallest absolute Gasteiger partial charge is 0.422 e. The van der Waals surface area contributed by atoms with Crippen LogP contribution >= 0.6 is 0 Å². The summed E-state index contributed by atoms with van der Waals surface area (Å²) in [6.45, 7) is 6.84. The van der Waals surface area contributed by atoms with E-state index in [9.17, 15) is 4.79 Å². The lowest BCUT2D eigenvalue weighted by Gasteiger charge is -2.17. The van der Waals surface area contributed by atoms with Crippen molar-refractivity contribution in [2.24, 2.45) is 5.92 Å². The summed E-state index contributed by atoms with van der Waals surface area (Å²) in [6, 6.07) is 3.06. The van der Waals surface area contributed by atoms with Gasteiger partial charge in [0, 0.05) is 12.5 Å². The number of carbonyl (C=O) groups is 1. The lowest BCUT2D eigenvalue weighted by Crippen LogP contribution is -2.33. The monoisotopic (exact) mass is 237 g/mol. The Morgan fingerprint density at radius 3 is 2.82 bits per heavy atom. The van der Waals surface area contributed by atoms with Gasteiger partial charge in [0.25, 0.3) is 0 Å². The lowest BCUT2D eigenvalue weighted by molar-refractivity contribution is 0.167. The predicted octanol–water partition coefficient (Wildman–Crippen LogP) is 3.39. The average molecular weight is 237 g/mol. The van der Waals surface area contributed by atoms with E-state index in [-0.39, 0.29) is 12.1 Å². The van der Waals surface area contributed by atoms with Gasteiger partial charge >= 0.3 is 6.09 Å². The molecule has 1 saturated heterocycles. The van der Waals surface area contributed by atoms with Crippen molar-refractivity contribution in [2.75, 3.05) is 6.61 Å². The summed E-state index contributed by atoms with van der Waals surface area (Å²) in [4.78, 5) is 13.0. The van der Waals surface area contributed by atoms with Crippen LogP contribution in [0.15, 0.2) is 0 Å². The Morgan fingerprint density at radius 1 is 1.41 bits per heavy atom. The van der Waals surface area contributed by atoms with E-state index < -0.39 is 0 Å². The Balaban J connectivity index is 2.37. The number of rotatable bonds is 5. The van der Waals surface area contributed by atoms with E-state index >= 15 is 0 Å². The van der Waals surface area contributed by atoms with Crippen LogP contribution in [0.1, 0.15) is 52.9 Å². The molecule has 0 aromatic rings. The van der Waals surface area contributed by atoms with Gasteiger partial charge in [-0.15, -0.1) is 0 Å². The number of amides is 1. The second kappa shape index (κ2) is 7.21. The standard InChI is InChI=1S/C14H23NO2/c1-4-5-6-7-8-9-10-15-13(12(2)3)11-17-14(15)16/h12-13H,4-8,11H2,1-3H3/t13-/m1/s1. The molecule has 0 bridgehead atoms. The van der Waals surface area contributed by atoms with Crippen molar-refractivity contribution >= 4 is 6.09 Å². The second-order valence-corrected chi connectivity index (χ2v) is 4.86. The van der Waals surface area contributed by atoms with Crippen molar-refractivity contribution in [3.63, 3.8) is 0 Å². The Morgan fingerprint density at radius 2 is 2.18 bits per heavy atom. The first-order valence-electron chi connectivity index (χ1n) is 6.61. The first-order chi connectivity index (χ1) is 8.16. The van der Waals surface area contributed by atoms with Crippen molar-refractivity contribution in [2.45, 2.75) is 58.9 Å². The summed E-state index contributed by atoms with van der Waals surface area (Å²) in [5.74, 6) is 3.46. The molecule has 96 valence electrons. The molecule has 0 aliphatic carbocycles. The molecule has 1 aliphatic rings. The average Bonchev–Trinajstić information content (AvgIpc) is 2.65. The highest BCUT2D eigenvalue weighted by molar-refractivity contribution is 5.72. The zero-order valence-corrected chi connectivity index (χ0v) is 11.2. The number of unbranched alkanes of at least 4 members (excludes halogenated alkanes) is 4. The molecule has 0 N–H and O–H groups in total. The minimum absolute atomic E-state index is 0.116. The van der Waals surface area contributed by atoms with Crippen LogP contribution in [-0.4, -0.2) is 23.6 Å². The third-order valence-electron chi connectivity index (χ3n) is 3.03. The van der Waals surface area contributed by atoms with Crippen molar-refractivity contribution in [3.05, 3.63) is 0 Å². The molecule has 0 spiro atoms. The number of hydrogen-bond donors (Lipinski definition) is 0. The fourth-order valence-electron chi connectivity index (χ4n) is 1.84. The topological polar surface area (TPSA) is 29.5 Å². The predicted molar refractivity (Wildman–Crippen MR) is 68.3 cm³/mol. The fraction of sp³-hybridized carbons (Fsp3) is 0.786. The molecule has 0 aromatic heterocycles. The van der Waals surface area contributed by atoms with E-state index in [0.717, 1.165) is 12.8 Å². The highest BCUT2D eigenvalue weighted by atomic mass is 16.6. The molecular formula is C14H23NO2. The second-order valence-electron chi connectivity index (χ2n) is 4.86. The van der Waals surface area contributed by atoms with E-state index in [1.54, 1.807) is 4.90 Å². The van der Waals surface area contributed by atoms with E-state index in [2.05, 4.69) is 32.7 Å². The van der Waals surface area contributed by atoms with Gasteiger partial charge in [-0.1, -0.05) is 46.0 Å². The summed E-state index contributed by atoms with van der Waals surface area (Å²) < 4.78 is 5.02. The third kappa shape index (κ3) is 4.30. The zero-order valence-electron chi connectivity index (χ0n) is 11.2. The van der Waals surface area contributed by atoms with Gasteiger partial charge in [-0.25, -0.2) is 9.69 Å². The summed E-state index contributed by atoms with van der Waals surface area (Å²) in [7, 11) is 0. The molecule has 1 heterocycles. The summed E-state index contributed by atoms with van der Waals surface area (Å²) in [6.07, 6.45) is 5.43. The van der Waals surface area contributed by atoms with Gasteiger partial charge in [0.2, 0.25) is 0 Å². The Labute approximate surface area is 105 Å². The molecule has 1 atom stereocenters. The maximum Gasteiger partial charge on any atom is 0.422 e. The highest BCUT2D eigenvalue weighted by Crippen LogP contribution is 2.18. The number of nitrogens with zero attached hydrogens (tertiary/aromatic N) is 1. The van der Waals surface area contributed by atoms with E-state index in [4.69, 9.17) is 4.74 Å². The molecule has 3 heteroatoms. The fourth-order valence-corrected chi connectivity index (χ4v) is 1.84. The normalized spacial score (nSPS) is 19.2. The van der Waals surface area contributed by atoms with Gasteiger partial charge in [0.1, 0.15) is 6.61 Å². The summed E-state index contributed by atoms with van der Waals surface area (Å²) >= 11 is 0. The molecule has 17 heavy (non-hydrogen) atoms. The van der Waals surface area contributed by atoms with Crippen LogP contribution in [0.5, 0.6) is 0 Å². The largest absolute Gasteiger partial charge is 0.446 e. The SMILES string of the molecule is CCCCCCC#CN1C(=O)OC[C@@H]1C(C)C. The van der Waals surface area contributed by atoms with Gasteiger partial charge in [-0.2, -0.15) is 0 Å². The molecule has 0 aromatic carbocycles. The Bertz CT molecular complexity index is 301. The van der Waals surface area contributed by atoms with Crippen LogP contribution < -0.4 is 0 Å². The molecule has 0 unspecified atom stereocenters. The van der Waals surface area contributed by atoms with Crippen LogP contribution in [0.2, 0.25) is 0 Å². The number of carbonyl (C=O) groups excluding carboxylic acids is 1. The van der Waals surface area contributed by atoms with E-state index in [0.29, 0.717) is 12.5 Å². The van der Waals surface area contributed by atoms with Crippen LogP contribution in [-0.2, 0) is 4.74 Å². The first kappa shape index (κ1) is 13.9. The molecule has 1 aliphatic heterocycles. The number of cyclic esters (lactones) is 1. The van der Waals surface area contributed by atoms with Crippen LogP contribution in [0.25, 0.3) is 0 Å². The van der Waals surface area contributed by atoms with Crippen molar-refractivity contribution in [1.29, 1.82) is 0 Å². The summed E-state index contributed by atoms with van der Waals surface area (Å²) in [5, 5.41) is 0. The molecular weight excluding hydrogens is 214 g/mol. The minimum Gasteiger partial charge on any atom is -0.446 e. The van der Waals surface area contributed by atoms with Crippen molar-refractivity contribution in [3.8, 4) is 12.0 Å². The van der Waals surface area contributed by atoms with Gasteiger partial charge in [-0.3, -0.25) is 0 Å². The maximum atomic E-state index is 11.5. The molecule has 1 amide bonds. The molecule has 0 saturated carbocycles. The minimum atomic E-state index is -0.287. The zero-order chi connectivity index (χ0) is 12.7. The lowest BCUT2D eigenvalue weighted by atomic mass is 10.1. The number of hydrogen-bond acceptors (Lipinski definition) is 2. The van der Waals surface area contributed by atoms with Crippen LogP contribution in [0.4, 0.5) is 4.79 Å². The Kier molecular flexibility index (Phi) is 5.90. The van der Waals surface area contributed by atoms with E-state index in [1.807, 2.05) is 0 Å². The van der Waals surface area contributed by atoms with Gasteiger partial charge in [0.15, 0.2) is 0 Å². The number of ether oxygens (including phenoxy) is 1. The van der Waals surface area contributed by atoms with E-state index in [1.165, 1.54) is 19.3 Å². The first-order valence-corrected chi connectivity index (χ1v) is 6.61. The molecule has 1 rings (SSSR count). The van der Waals surface area contributed by atoms with Crippen LogP contribution in [0, 0.1) is 17.9 Å². The quantitative estimate of drug-likeness (QED) is 0.542.